The fourth-order valence-corrected chi connectivity index (χ4v) is 1.57. The van der Waals surface area contributed by atoms with Gasteiger partial charge in [0, 0.05) is 0 Å². The molecule has 1 aromatic carbocycles. The van der Waals surface area contributed by atoms with Crippen LogP contribution in [0.5, 0.6) is 5.75 Å². The van der Waals surface area contributed by atoms with Gasteiger partial charge in [-0.15, -0.1) is 0 Å². The van der Waals surface area contributed by atoms with Crippen molar-refractivity contribution in [3.8, 4) is 5.75 Å². The molecular weight excluding hydrogens is 212 g/mol. The second-order valence-corrected chi connectivity index (χ2v) is 4.99. The summed E-state index contributed by atoms with van der Waals surface area (Å²) in [6.07, 6.45) is 0.585. The Kier molecular flexibility index (Phi) is 5.49. The highest BCUT2D eigenvalue weighted by molar-refractivity contribution is 5.28. The van der Waals surface area contributed by atoms with Crippen LogP contribution < -0.4 is 4.74 Å². The fraction of sp³-hybridized carbons (Fsp3) is 0.600. The summed E-state index contributed by atoms with van der Waals surface area (Å²) in [6.45, 7) is 8.82. The molecule has 2 nitrogen and oxygen atoms in total. The first kappa shape index (κ1) is 14.0. The Morgan fingerprint density at radius 1 is 1.12 bits per heavy atom. The summed E-state index contributed by atoms with van der Waals surface area (Å²) in [7, 11) is 0. The van der Waals surface area contributed by atoms with Gasteiger partial charge < -0.3 is 9.84 Å². The van der Waals surface area contributed by atoms with Crippen molar-refractivity contribution in [1.29, 1.82) is 0 Å². The fourth-order valence-electron chi connectivity index (χ4n) is 1.57. The van der Waals surface area contributed by atoms with Crippen LogP contribution in [0.2, 0.25) is 0 Å². The Labute approximate surface area is 105 Å². The van der Waals surface area contributed by atoms with Crippen LogP contribution in [-0.4, -0.2) is 17.8 Å². The van der Waals surface area contributed by atoms with Crippen LogP contribution >= 0.6 is 0 Å². The Bertz CT molecular complexity index is 316. The van der Waals surface area contributed by atoms with Crippen LogP contribution in [0, 0.1) is 5.92 Å². The number of benzene rings is 1. The Balaban J connectivity index is 2.47. The second-order valence-electron chi connectivity index (χ2n) is 4.99. The van der Waals surface area contributed by atoms with Crippen molar-refractivity contribution in [2.75, 3.05) is 6.61 Å². The summed E-state index contributed by atoms with van der Waals surface area (Å²) in [4.78, 5) is 0. The van der Waals surface area contributed by atoms with Gasteiger partial charge in [0.2, 0.25) is 0 Å². The third kappa shape index (κ3) is 4.39. The Morgan fingerprint density at radius 2 is 1.71 bits per heavy atom. The van der Waals surface area contributed by atoms with Crippen molar-refractivity contribution in [3.63, 3.8) is 0 Å². The number of hydrogen-bond donors (Lipinski definition) is 1. The largest absolute Gasteiger partial charge is 0.491 e. The molecule has 0 radical (unpaired) electrons. The van der Waals surface area contributed by atoms with Crippen molar-refractivity contribution in [1.82, 2.24) is 0 Å². The van der Waals surface area contributed by atoms with Gasteiger partial charge in [-0.3, -0.25) is 0 Å². The highest BCUT2D eigenvalue weighted by Gasteiger charge is 2.12. The lowest BCUT2D eigenvalue weighted by atomic mass is 10.0. The van der Waals surface area contributed by atoms with Gasteiger partial charge in [-0.05, 0) is 29.5 Å². The molecule has 0 aliphatic heterocycles. The van der Waals surface area contributed by atoms with E-state index in [-0.39, 0.29) is 12.0 Å². The lowest BCUT2D eigenvalue weighted by Crippen LogP contribution is -2.24. The molecular formula is C15H24O2. The van der Waals surface area contributed by atoms with Gasteiger partial charge in [0.1, 0.15) is 12.4 Å². The maximum atomic E-state index is 9.80. The van der Waals surface area contributed by atoms with Gasteiger partial charge in [0.15, 0.2) is 0 Å². The molecule has 2 unspecified atom stereocenters. The van der Waals surface area contributed by atoms with Crippen molar-refractivity contribution < 1.29 is 9.84 Å². The summed E-state index contributed by atoms with van der Waals surface area (Å²) in [6, 6.07) is 8.10. The Morgan fingerprint density at radius 3 is 2.18 bits per heavy atom. The third-order valence-corrected chi connectivity index (χ3v) is 3.27. The molecule has 17 heavy (non-hydrogen) atoms. The molecule has 0 bridgehead atoms. The summed E-state index contributed by atoms with van der Waals surface area (Å²) in [5, 5.41) is 9.80. The lowest BCUT2D eigenvalue weighted by Gasteiger charge is -2.17. The molecule has 0 aliphatic carbocycles. The van der Waals surface area contributed by atoms with E-state index >= 15 is 0 Å². The first-order valence-electron chi connectivity index (χ1n) is 6.45. The molecule has 2 heteroatoms. The topological polar surface area (TPSA) is 29.5 Å². The zero-order valence-corrected chi connectivity index (χ0v) is 11.3. The normalized spacial score (nSPS) is 14.7. The molecule has 96 valence electrons. The predicted molar refractivity (Wildman–Crippen MR) is 71.5 cm³/mol. The maximum Gasteiger partial charge on any atom is 0.119 e. The van der Waals surface area contributed by atoms with E-state index in [1.807, 2.05) is 19.1 Å². The van der Waals surface area contributed by atoms with E-state index in [0.717, 1.165) is 12.2 Å². The van der Waals surface area contributed by atoms with Gasteiger partial charge in [0.25, 0.3) is 0 Å². The number of ether oxygens (including phenoxy) is 1. The minimum absolute atomic E-state index is 0.282. The standard InChI is InChI=1S/C15H24O2/c1-5-12(4)15(16)10-17-14-8-6-13(7-9-14)11(2)3/h6-9,11-12,15-16H,5,10H2,1-4H3. The molecule has 0 fully saturated rings. The summed E-state index contributed by atoms with van der Waals surface area (Å²) in [5.74, 6) is 1.65. The van der Waals surface area contributed by atoms with Crippen LogP contribution in [0.4, 0.5) is 0 Å². The van der Waals surface area contributed by atoms with Crippen LogP contribution in [0.25, 0.3) is 0 Å². The first-order valence-corrected chi connectivity index (χ1v) is 6.45. The minimum atomic E-state index is -0.384. The van der Waals surface area contributed by atoms with E-state index < -0.39 is 0 Å². The van der Waals surface area contributed by atoms with E-state index in [9.17, 15) is 5.11 Å². The summed E-state index contributed by atoms with van der Waals surface area (Å²) >= 11 is 0. The average molecular weight is 236 g/mol. The van der Waals surface area contributed by atoms with Crippen molar-refractivity contribution in [2.24, 2.45) is 5.92 Å². The van der Waals surface area contributed by atoms with Crippen molar-refractivity contribution in [2.45, 2.75) is 46.1 Å². The maximum absolute atomic E-state index is 9.80. The third-order valence-electron chi connectivity index (χ3n) is 3.27. The van der Waals surface area contributed by atoms with Crippen molar-refractivity contribution >= 4 is 0 Å². The zero-order chi connectivity index (χ0) is 12.8. The van der Waals surface area contributed by atoms with E-state index in [1.165, 1.54) is 5.56 Å². The summed E-state index contributed by atoms with van der Waals surface area (Å²) < 4.78 is 5.58. The molecule has 0 spiro atoms. The highest BCUT2D eigenvalue weighted by Crippen LogP contribution is 2.19. The zero-order valence-electron chi connectivity index (χ0n) is 11.3. The van der Waals surface area contributed by atoms with Crippen LogP contribution in [0.15, 0.2) is 24.3 Å². The molecule has 1 aromatic rings. The molecule has 0 heterocycles. The first-order chi connectivity index (χ1) is 8.04. The van der Waals surface area contributed by atoms with E-state index in [1.54, 1.807) is 0 Å². The van der Waals surface area contributed by atoms with E-state index in [0.29, 0.717) is 12.5 Å². The van der Waals surface area contributed by atoms with Crippen LogP contribution in [0.3, 0.4) is 0 Å². The molecule has 0 aromatic heterocycles. The second kappa shape index (κ2) is 6.65. The number of hydrogen-bond acceptors (Lipinski definition) is 2. The van der Waals surface area contributed by atoms with Gasteiger partial charge in [-0.1, -0.05) is 46.2 Å². The van der Waals surface area contributed by atoms with Crippen LogP contribution in [0.1, 0.15) is 45.6 Å². The molecule has 0 saturated heterocycles. The van der Waals surface area contributed by atoms with Gasteiger partial charge in [-0.25, -0.2) is 0 Å². The number of aliphatic hydroxyl groups excluding tert-OH is 1. The number of rotatable bonds is 6. The predicted octanol–water partition coefficient (Wildman–Crippen LogP) is 3.60. The summed E-state index contributed by atoms with van der Waals surface area (Å²) in [5.41, 5.74) is 1.31. The lowest BCUT2D eigenvalue weighted by molar-refractivity contribution is 0.0622. The van der Waals surface area contributed by atoms with Crippen LogP contribution in [-0.2, 0) is 0 Å². The van der Waals surface area contributed by atoms with E-state index in [2.05, 4.69) is 32.9 Å². The molecule has 1 N–H and O–H groups in total. The number of aliphatic hydroxyl groups is 1. The monoisotopic (exact) mass is 236 g/mol. The van der Waals surface area contributed by atoms with Gasteiger partial charge in [0.05, 0.1) is 6.10 Å². The molecule has 1 rings (SSSR count). The molecule has 2 atom stereocenters. The smallest absolute Gasteiger partial charge is 0.119 e. The van der Waals surface area contributed by atoms with Gasteiger partial charge >= 0.3 is 0 Å². The average Bonchev–Trinajstić information content (AvgIpc) is 2.35. The SMILES string of the molecule is CCC(C)C(O)COc1ccc(C(C)C)cc1. The Hall–Kier alpha value is -1.02. The molecule has 0 aliphatic rings. The van der Waals surface area contributed by atoms with E-state index in [4.69, 9.17) is 4.74 Å². The highest BCUT2D eigenvalue weighted by atomic mass is 16.5. The quantitative estimate of drug-likeness (QED) is 0.817. The molecule has 0 saturated carbocycles. The molecule has 0 amide bonds. The van der Waals surface area contributed by atoms with Crippen molar-refractivity contribution in [3.05, 3.63) is 29.8 Å². The minimum Gasteiger partial charge on any atom is -0.491 e. The van der Waals surface area contributed by atoms with Gasteiger partial charge in [-0.2, -0.15) is 0 Å².